The highest BCUT2D eigenvalue weighted by molar-refractivity contribution is 5.89. The van der Waals surface area contributed by atoms with Crippen LogP contribution in [0.15, 0.2) is 36.5 Å². The summed E-state index contributed by atoms with van der Waals surface area (Å²) in [5.41, 5.74) is 0.448. The minimum atomic E-state index is -0.959. The zero-order valence-corrected chi connectivity index (χ0v) is 12.2. The SMILES string of the molecule is CCN(/C=C/C(=O)C[C@H](O)c1ccc([N+](=O)[O-])cc1)CC. The molecule has 6 nitrogen and oxygen atoms in total. The fraction of sp³-hybridized carbons (Fsp3) is 0.400. The van der Waals surface area contributed by atoms with E-state index < -0.39 is 11.0 Å². The van der Waals surface area contributed by atoms with Gasteiger partial charge in [0, 0.05) is 37.8 Å². The maximum atomic E-state index is 11.8. The van der Waals surface area contributed by atoms with Crippen molar-refractivity contribution in [2.75, 3.05) is 13.1 Å². The highest BCUT2D eigenvalue weighted by atomic mass is 16.6. The summed E-state index contributed by atoms with van der Waals surface area (Å²) in [6, 6.07) is 5.55. The highest BCUT2D eigenvalue weighted by Gasteiger charge is 2.13. The van der Waals surface area contributed by atoms with Gasteiger partial charge in [-0.15, -0.1) is 0 Å². The number of carbonyl (C=O) groups is 1. The summed E-state index contributed by atoms with van der Waals surface area (Å²) in [5, 5.41) is 20.5. The second-order valence-electron chi connectivity index (χ2n) is 4.57. The van der Waals surface area contributed by atoms with Crippen molar-refractivity contribution < 1.29 is 14.8 Å². The van der Waals surface area contributed by atoms with Gasteiger partial charge < -0.3 is 10.0 Å². The normalized spacial score (nSPS) is 12.3. The maximum Gasteiger partial charge on any atom is 0.269 e. The molecule has 0 unspecified atom stereocenters. The van der Waals surface area contributed by atoms with Crippen molar-refractivity contribution >= 4 is 11.5 Å². The van der Waals surface area contributed by atoms with Gasteiger partial charge in [0.2, 0.25) is 0 Å². The summed E-state index contributed by atoms with van der Waals surface area (Å²) >= 11 is 0. The standard InChI is InChI=1S/C15H20N2O4/c1-3-16(4-2)10-9-14(18)11-15(19)12-5-7-13(8-6-12)17(20)21/h5-10,15,19H,3-4,11H2,1-2H3/b10-9+/t15-/m0/s1. The first-order chi connectivity index (χ1) is 9.97. The van der Waals surface area contributed by atoms with Crippen molar-refractivity contribution in [1.29, 1.82) is 0 Å². The van der Waals surface area contributed by atoms with Gasteiger partial charge in [0.25, 0.3) is 5.69 Å². The number of nitrogens with zero attached hydrogens (tertiary/aromatic N) is 2. The molecule has 0 aliphatic carbocycles. The van der Waals surface area contributed by atoms with Gasteiger partial charge in [-0.25, -0.2) is 0 Å². The number of nitro benzene ring substituents is 1. The van der Waals surface area contributed by atoms with Crippen LogP contribution in [-0.4, -0.2) is 33.8 Å². The Morgan fingerprint density at radius 1 is 1.33 bits per heavy atom. The van der Waals surface area contributed by atoms with E-state index in [1.165, 1.54) is 30.3 Å². The van der Waals surface area contributed by atoms with E-state index in [0.717, 1.165) is 13.1 Å². The molecule has 0 aliphatic rings. The molecule has 6 heteroatoms. The molecule has 1 aromatic carbocycles. The number of rotatable bonds is 8. The second kappa shape index (κ2) is 8.16. The van der Waals surface area contributed by atoms with Gasteiger partial charge in [0.15, 0.2) is 5.78 Å². The van der Waals surface area contributed by atoms with Crippen molar-refractivity contribution in [3.8, 4) is 0 Å². The number of allylic oxidation sites excluding steroid dienone is 1. The number of non-ortho nitro benzene ring substituents is 1. The first-order valence-electron chi connectivity index (χ1n) is 6.85. The maximum absolute atomic E-state index is 11.8. The lowest BCUT2D eigenvalue weighted by molar-refractivity contribution is -0.384. The molecule has 114 valence electrons. The molecule has 0 fully saturated rings. The Balaban J connectivity index is 2.61. The Morgan fingerprint density at radius 3 is 2.38 bits per heavy atom. The smallest absolute Gasteiger partial charge is 0.269 e. The quantitative estimate of drug-likeness (QED) is 0.452. The third kappa shape index (κ3) is 5.35. The minimum Gasteiger partial charge on any atom is -0.388 e. The van der Waals surface area contributed by atoms with Crippen LogP contribution in [0.3, 0.4) is 0 Å². The van der Waals surface area contributed by atoms with E-state index in [1.54, 1.807) is 6.20 Å². The monoisotopic (exact) mass is 292 g/mol. The summed E-state index contributed by atoms with van der Waals surface area (Å²) in [4.78, 5) is 23.8. The van der Waals surface area contributed by atoms with E-state index in [1.807, 2.05) is 18.7 Å². The highest BCUT2D eigenvalue weighted by Crippen LogP contribution is 2.20. The molecule has 1 aromatic rings. The molecule has 0 aliphatic heterocycles. The Labute approximate surface area is 123 Å². The largest absolute Gasteiger partial charge is 0.388 e. The molecule has 0 heterocycles. The molecule has 1 rings (SSSR count). The average Bonchev–Trinajstić information content (AvgIpc) is 2.48. The minimum absolute atomic E-state index is 0.0429. The second-order valence-corrected chi connectivity index (χ2v) is 4.57. The summed E-state index contributed by atoms with van der Waals surface area (Å²) in [6.07, 6.45) is 2.15. The van der Waals surface area contributed by atoms with Gasteiger partial charge in [-0.2, -0.15) is 0 Å². The van der Waals surface area contributed by atoms with Crippen LogP contribution in [0.5, 0.6) is 0 Å². The lowest BCUT2D eigenvalue weighted by Crippen LogP contribution is -2.16. The number of nitro groups is 1. The van der Waals surface area contributed by atoms with Crippen molar-refractivity contribution in [2.45, 2.75) is 26.4 Å². The summed E-state index contributed by atoms with van der Waals surface area (Å²) < 4.78 is 0. The van der Waals surface area contributed by atoms with E-state index in [-0.39, 0.29) is 17.9 Å². The Hall–Kier alpha value is -2.21. The zero-order valence-electron chi connectivity index (χ0n) is 12.2. The van der Waals surface area contributed by atoms with E-state index in [2.05, 4.69) is 0 Å². The molecule has 1 atom stereocenters. The molecule has 1 N–H and O–H groups in total. The predicted octanol–water partition coefficient (Wildman–Crippen LogP) is 2.44. The average molecular weight is 292 g/mol. The number of carbonyl (C=O) groups excluding carboxylic acids is 1. The molecule has 0 saturated heterocycles. The van der Waals surface area contributed by atoms with Crippen molar-refractivity contribution in [1.82, 2.24) is 4.90 Å². The molecule has 0 radical (unpaired) electrons. The van der Waals surface area contributed by atoms with Crippen LogP contribution in [0.1, 0.15) is 31.9 Å². The Morgan fingerprint density at radius 2 is 1.90 bits per heavy atom. The van der Waals surface area contributed by atoms with Crippen LogP contribution in [0.2, 0.25) is 0 Å². The predicted molar refractivity (Wildman–Crippen MR) is 79.7 cm³/mol. The van der Waals surface area contributed by atoms with E-state index in [9.17, 15) is 20.0 Å². The summed E-state index contributed by atoms with van der Waals surface area (Å²) in [6.45, 7) is 5.60. The van der Waals surface area contributed by atoms with Gasteiger partial charge in [0.05, 0.1) is 11.0 Å². The van der Waals surface area contributed by atoms with E-state index >= 15 is 0 Å². The van der Waals surface area contributed by atoms with Gasteiger partial charge in [-0.05, 0) is 37.6 Å². The summed E-state index contributed by atoms with van der Waals surface area (Å²) in [5.74, 6) is -0.187. The van der Waals surface area contributed by atoms with Crippen molar-refractivity contribution in [3.63, 3.8) is 0 Å². The first-order valence-corrected chi connectivity index (χ1v) is 6.85. The third-order valence-electron chi connectivity index (χ3n) is 3.17. The molecular formula is C15H20N2O4. The Kier molecular flexibility index (Phi) is 6.55. The Bertz CT molecular complexity index is 507. The molecular weight excluding hydrogens is 272 g/mol. The third-order valence-corrected chi connectivity index (χ3v) is 3.17. The van der Waals surface area contributed by atoms with Crippen LogP contribution < -0.4 is 0 Å². The van der Waals surface area contributed by atoms with Crippen molar-refractivity contribution in [2.24, 2.45) is 0 Å². The molecule has 0 spiro atoms. The van der Waals surface area contributed by atoms with Gasteiger partial charge in [0.1, 0.15) is 0 Å². The van der Waals surface area contributed by atoms with Crippen LogP contribution >= 0.6 is 0 Å². The topological polar surface area (TPSA) is 83.7 Å². The fourth-order valence-corrected chi connectivity index (χ4v) is 1.82. The molecule has 0 saturated carbocycles. The number of hydrogen-bond acceptors (Lipinski definition) is 5. The molecule has 21 heavy (non-hydrogen) atoms. The van der Waals surface area contributed by atoms with Crippen LogP contribution in [0.25, 0.3) is 0 Å². The van der Waals surface area contributed by atoms with Gasteiger partial charge in [-0.3, -0.25) is 14.9 Å². The number of ketones is 1. The molecule has 0 amide bonds. The van der Waals surface area contributed by atoms with Crippen LogP contribution in [0, 0.1) is 10.1 Å². The summed E-state index contributed by atoms with van der Waals surface area (Å²) in [7, 11) is 0. The zero-order chi connectivity index (χ0) is 15.8. The number of aliphatic hydroxyl groups excluding tert-OH is 1. The van der Waals surface area contributed by atoms with E-state index in [4.69, 9.17) is 0 Å². The van der Waals surface area contributed by atoms with Crippen molar-refractivity contribution in [3.05, 3.63) is 52.2 Å². The number of hydrogen-bond donors (Lipinski definition) is 1. The van der Waals surface area contributed by atoms with Crippen LogP contribution in [-0.2, 0) is 4.79 Å². The molecule has 0 bridgehead atoms. The van der Waals surface area contributed by atoms with Gasteiger partial charge in [-0.1, -0.05) is 0 Å². The van der Waals surface area contributed by atoms with E-state index in [0.29, 0.717) is 5.56 Å². The number of aliphatic hydroxyl groups is 1. The van der Waals surface area contributed by atoms with Crippen LogP contribution in [0.4, 0.5) is 5.69 Å². The van der Waals surface area contributed by atoms with Gasteiger partial charge >= 0.3 is 0 Å². The fourth-order valence-electron chi connectivity index (χ4n) is 1.82. The lowest BCUT2D eigenvalue weighted by Gasteiger charge is -2.14. The first kappa shape index (κ1) is 16.8. The number of benzene rings is 1. The lowest BCUT2D eigenvalue weighted by atomic mass is 10.0. The molecule has 0 aromatic heterocycles.